The monoisotopic (exact) mass is 363 g/mol. The number of ether oxygens (including phenoxy) is 2. The zero-order valence-electron chi connectivity index (χ0n) is 17.0. The fourth-order valence-corrected chi connectivity index (χ4v) is 2.61. The molecule has 0 atom stereocenters. The molecule has 1 amide bonds. The molecule has 0 bridgehead atoms. The van der Waals surface area contributed by atoms with E-state index in [1.54, 1.807) is 4.90 Å². The van der Waals surface area contributed by atoms with Crippen LogP contribution in [0.2, 0.25) is 0 Å². The Morgan fingerprint density at radius 2 is 1.62 bits per heavy atom. The van der Waals surface area contributed by atoms with Crippen LogP contribution in [0.25, 0.3) is 0 Å². The van der Waals surface area contributed by atoms with Crippen molar-refractivity contribution in [1.29, 1.82) is 0 Å². The number of carbonyl (C=O) groups is 2. The molecule has 5 nitrogen and oxygen atoms in total. The van der Waals surface area contributed by atoms with Gasteiger partial charge in [0, 0.05) is 13.1 Å². The van der Waals surface area contributed by atoms with Gasteiger partial charge in [0.05, 0.1) is 12.5 Å². The van der Waals surface area contributed by atoms with Crippen LogP contribution in [-0.2, 0) is 20.8 Å². The van der Waals surface area contributed by atoms with Crippen LogP contribution in [0.15, 0.2) is 30.3 Å². The third kappa shape index (κ3) is 7.89. The van der Waals surface area contributed by atoms with E-state index < -0.39 is 11.0 Å². The van der Waals surface area contributed by atoms with E-state index in [2.05, 4.69) is 0 Å². The third-order valence-corrected chi connectivity index (χ3v) is 4.09. The summed E-state index contributed by atoms with van der Waals surface area (Å²) in [6, 6.07) is 9.87. The first-order valence-electron chi connectivity index (χ1n) is 9.15. The number of amides is 1. The number of carbonyl (C=O) groups excluding carboxylic acids is 2. The molecular formula is C21H33NO4. The fraction of sp³-hybridized carbons (Fsp3) is 0.619. The van der Waals surface area contributed by atoms with Crippen molar-refractivity contribution in [1.82, 2.24) is 4.90 Å². The quantitative estimate of drug-likeness (QED) is 0.492. The molecule has 1 aromatic carbocycles. The maximum atomic E-state index is 12.5. The van der Waals surface area contributed by atoms with E-state index in [0.717, 1.165) is 18.4 Å². The van der Waals surface area contributed by atoms with E-state index in [1.807, 2.05) is 65.0 Å². The maximum Gasteiger partial charge on any atom is 0.410 e. The number of nitrogens with zero attached hydrogens (tertiary/aromatic N) is 1. The molecular weight excluding hydrogens is 330 g/mol. The highest BCUT2D eigenvalue weighted by Gasteiger charge is 2.28. The zero-order valence-corrected chi connectivity index (χ0v) is 17.0. The van der Waals surface area contributed by atoms with Gasteiger partial charge >= 0.3 is 12.1 Å². The lowest BCUT2D eigenvalue weighted by Gasteiger charge is -2.28. The summed E-state index contributed by atoms with van der Waals surface area (Å²) in [6.45, 7) is 10.5. The van der Waals surface area contributed by atoms with Crippen molar-refractivity contribution in [3.8, 4) is 0 Å². The number of hydrogen-bond donors (Lipinski definition) is 0. The maximum absolute atomic E-state index is 12.5. The molecule has 5 heteroatoms. The van der Waals surface area contributed by atoms with Crippen molar-refractivity contribution in [2.45, 2.75) is 66.0 Å². The summed E-state index contributed by atoms with van der Waals surface area (Å²) in [5.41, 5.74) is 0.0253. The van der Waals surface area contributed by atoms with Crippen LogP contribution in [0.5, 0.6) is 0 Å². The second-order valence-corrected chi connectivity index (χ2v) is 8.22. The van der Waals surface area contributed by atoms with Crippen LogP contribution in [0.3, 0.4) is 0 Å². The lowest BCUT2D eigenvalue weighted by molar-refractivity contribution is -0.151. The van der Waals surface area contributed by atoms with Crippen LogP contribution in [0, 0.1) is 5.41 Å². The number of esters is 1. The minimum absolute atomic E-state index is 0.203. The van der Waals surface area contributed by atoms with Gasteiger partial charge in [0.1, 0.15) is 5.60 Å². The average molecular weight is 363 g/mol. The topological polar surface area (TPSA) is 55.8 Å². The Morgan fingerprint density at radius 3 is 2.15 bits per heavy atom. The van der Waals surface area contributed by atoms with E-state index in [0.29, 0.717) is 19.5 Å². The molecule has 0 aliphatic carbocycles. The van der Waals surface area contributed by atoms with Gasteiger partial charge in [-0.15, -0.1) is 0 Å². The Bertz CT molecular complexity index is 575. The van der Waals surface area contributed by atoms with Crippen molar-refractivity contribution < 1.29 is 19.1 Å². The van der Waals surface area contributed by atoms with Gasteiger partial charge in [-0.25, -0.2) is 4.79 Å². The minimum Gasteiger partial charge on any atom is -0.469 e. The van der Waals surface area contributed by atoms with Crippen molar-refractivity contribution in [2.75, 3.05) is 13.7 Å². The molecule has 0 heterocycles. The Balaban J connectivity index is 2.65. The second-order valence-electron chi connectivity index (χ2n) is 8.22. The highest BCUT2D eigenvalue weighted by atomic mass is 16.6. The largest absolute Gasteiger partial charge is 0.469 e. The van der Waals surface area contributed by atoms with Crippen LogP contribution in [0.1, 0.15) is 59.4 Å². The van der Waals surface area contributed by atoms with Crippen molar-refractivity contribution >= 4 is 12.1 Å². The molecule has 0 aliphatic rings. The summed E-state index contributed by atoms with van der Waals surface area (Å²) >= 11 is 0. The van der Waals surface area contributed by atoms with Gasteiger partial charge in [-0.05, 0) is 53.0 Å². The van der Waals surface area contributed by atoms with Crippen LogP contribution in [-0.4, -0.2) is 36.2 Å². The summed E-state index contributed by atoms with van der Waals surface area (Å²) in [5.74, 6) is -0.203. The first-order valence-corrected chi connectivity index (χ1v) is 9.15. The van der Waals surface area contributed by atoms with Crippen molar-refractivity contribution in [3.05, 3.63) is 35.9 Å². The summed E-state index contributed by atoms with van der Waals surface area (Å²) in [7, 11) is 1.41. The first-order chi connectivity index (χ1) is 12.0. The van der Waals surface area contributed by atoms with Gasteiger partial charge < -0.3 is 14.4 Å². The Labute approximate surface area is 157 Å². The molecule has 0 saturated carbocycles. The number of methoxy groups -OCH3 is 1. The number of hydrogen-bond acceptors (Lipinski definition) is 4. The normalized spacial score (nSPS) is 11.8. The molecule has 1 rings (SSSR count). The lowest BCUT2D eigenvalue weighted by Crippen LogP contribution is -2.37. The highest BCUT2D eigenvalue weighted by molar-refractivity contribution is 5.75. The number of benzene rings is 1. The Hall–Kier alpha value is -2.04. The third-order valence-electron chi connectivity index (χ3n) is 4.09. The van der Waals surface area contributed by atoms with Gasteiger partial charge in [0.25, 0.3) is 0 Å². The zero-order chi connectivity index (χ0) is 19.8. The van der Waals surface area contributed by atoms with E-state index in [4.69, 9.17) is 9.47 Å². The van der Waals surface area contributed by atoms with Gasteiger partial charge in [-0.2, -0.15) is 0 Å². The average Bonchev–Trinajstić information content (AvgIpc) is 2.56. The van der Waals surface area contributed by atoms with Crippen LogP contribution < -0.4 is 0 Å². The molecule has 0 spiro atoms. The van der Waals surface area contributed by atoms with Gasteiger partial charge in [0.15, 0.2) is 0 Å². The predicted octanol–water partition coefficient (Wildman–Crippen LogP) is 4.79. The standard InChI is InChI=1S/C21H33NO4/c1-20(2,3)26-19(24)22(16-17-12-8-7-9-13-17)15-11-10-14-21(4,5)18(23)25-6/h7-9,12-13H,10-11,14-16H2,1-6H3. The SMILES string of the molecule is COC(=O)C(C)(C)CCCCN(Cc1ccccc1)C(=O)OC(C)(C)C. The van der Waals surface area contributed by atoms with Crippen LogP contribution >= 0.6 is 0 Å². The molecule has 0 unspecified atom stereocenters. The molecule has 0 aromatic heterocycles. The lowest BCUT2D eigenvalue weighted by atomic mass is 9.87. The summed E-state index contributed by atoms with van der Waals surface area (Å²) in [5, 5.41) is 0. The van der Waals surface area contributed by atoms with Crippen molar-refractivity contribution in [2.24, 2.45) is 5.41 Å². The summed E-state index contributed by atoms with van der Waals surface area (Å²) in [6.07, 6.45) is 2.03. The summed E-state index contributed by atoms with van der Waals surface area (Å²) in [4.78, 5) is 26.0. The number of rotatable bonds is 8. The smallest absolute Gasteiger partial charge is 0.410 e. The molecule has 0 radical (unpaired) electrons. The molecule has 146 valence electrons. The molecule has 0 aliphatic heterocycles. The van der Waals surface area contributed by atoms with Gasteiger partial charge in [-0.1, -0.05) is 36.8 Å². The Kier molecular flexibility index (Phi) is 8.12. The van der Waals surface area contributed by atoms with E-state index in [9.17, 15) is 9.59 Å². The van der Waals surface area contributed by atoms with E-state index >= 15 is 0 Å². The van der Waals surface area contributed by atoms with Crippen molar-refractivity contribution in [3.63, 3.8) is 0 Å². The van der Waals surface area contributed by atoms with E-state index in [1.165, 1.54) is 7.11 Å². The fourth-order valence-electron chi connectivity index (χ4n) is 2.61. The molecule has 1 aromatic rings. The molecule has 0 fully saturated rings. The Morgan fingerprint density at radius 1 is 1.00 bits per heavy atom. The second kappa shape index (κ2) is 9.60. The minimum atomic E-state index is -0.529. The number of unbranched alkanes of at least 4 members (excludes halogenated alkanes) is 1. The predicted molar refractivity (Wildman–Crippen MR) is 103 cm³/mol. The molecule has 0 N–H and O–H groups in total. The van der Waals surface area contributed by atoms with Gasteiger partial charge in [0.2, 0.25) is 0 Å². The summed E-state index contributed by atoms with van der Waals surface area (Å²) < 4.78 is 10.4. The van der Waals surface area contributed by atoms with E-state index in [-0.39, 0.29) is 12.1 Å². The first kappa shape index (κ1) is 22.0. The molecule has 26 heavy (non-hydrogen) atoms. The molecule has 0 saturated heterocycles. The highest BCUT2D eigenvalue weighted by Crippen LogP contribution is 2.25. The van der Waals surface area contributed by atoms with Crippen LogP contribution in [0.4, 0.5) is 4.79 Å². The van der Waals surface area contributed by atoms with Gasteiger partial charge in [-0.3, -0.25) is 4.79 Å².